The first-order valence-electron chi connectivity index (χ1n) is 4.09. The Morgan fingerprint density at radius 2 is 2.80 bits per heavy atom. The van der Waals surface area contributed by atoms with Gasteiger partial charge in [-0.25, -0.2) is 4.79 Å². The van der Waals surface area contributed by atoms with Crippen molar-refractivity contribution < 1.29 is 13.6 Å². The lowest BCUT2D eigenvalue weighted by atomic mass is 10.4. The van der Waals surface area contributed by atoms with E-state index in [1.165, 1.54) is 19.4 Å². The van der Waals surface area contributed by atoms with Gasteiger partial charge in [0.2, 0.25) is 0 Å². The fraction of sp³-hybridized carbons (Fsp3) is 0.333. The molecule has 0 atom stereocenters. The lowest BCUT2D eigenvalue weighted by Gasteiger charge is -1.90. The van der Waals surface area contributed by atoms with Gasteiger partial charge in [-0.05, 0) is 6.07 Å². The molecule has 0 aliphatic rings. The summed E-state index contributed by atoms with van der Waals surface area (Å²) < 4.78 is 26.0. The number of carbonyl (C=O) groups excluding carboxylic acids is 1. The number of methoxy groups -OCH3 is 1. The Hall–Kier alpha value is -1.32. The molecule has 0 N–H and O–H groups in total. The summed E-state index contributed by atoms with van der Waals surface area (Å²) in [5.74, 6) is -0.650. The number of hydrogen-bond donors (Lipinski definition) is 0. The van der Waals surface area contributed by atoms with Gasteiger partial charge in [-0.15, -0.1) is 0 Å². The molecule has 54 valence electrons. The summed E-state index contributed by atoms with van der Waals surface area (Å²) in [6.45, 7) is -2.35. The Balaban J connectivity index is 2.93. The Morgan fingerprint density at radius 3 is 3.30 bits per heavy atom. The average Bonchev–Trinajstić information content (AvgIpc) is 2.50. The Morgan fingerprint density at radius 1 is 2.00 bits per heavy atom. The summed E-state index contributed by atoms with van der Waals surface area (Å²) in [5.41, 5.74) is -0.0152. The zero-order valence-corrected chi connectivity index (χ0v) is 5.37. The minimum absolute atomic E-state index is 0.0152. The Bertz CT molecular complexity index is 318. The molecule has 4 heteroatoms. The number of hydrogen-bond acceptors (Lipinski definition) is 3. The molecule has 0 saturated heterocycles. The van der Waals surface area contributed by atoms with Crippen LogP contribution >= 0.6 is 0 Å². The lowest BCUT2D eigenvalue weighted by Crippen LogP contribution is -2.02. The summed E-state index contributed by atoms with van der Waals surface area (Å²) in [7, 11) is 1.21. The van der Waals surface area contributed by atoms with Crippen LogP contribution in [0.3, 0.4) is 0 Å². The maximum absolute atomic E-state index is 10.9. The summed E-state index contributed by atoms with van der Waals surface area (Å²) in [6, 6.07) is 1.29. The normalized spacial score (nSPS) is 15.1. The van der Waals surface area contributed by atoms with E-state index in [4.69, 9.17) is 4.11 Å². The third kappa shape index (κ3) is 1.15. The van der Waals surface area contributed by atoms with Crippen LogP contribution in [-0.2, 0) is 11.7 Å². The monoisotopic (exact) mass is 143 g/mol. The molecule has 1 heterocycles. The largest absolute Gasteiger partial charge is 0.464 e. The first kappa shape index (κ1) is 3.75. The summed E-state index contributed by atoms with van der Waals surface area (Å²) in [4.78, 5) is 10.9. The summed E-state index contributed by atoms with van der Waals surface area (Å²) in [6.07, 6.45) is 1.21. The number of nitrogens with zero attached hydrogens (tertiary/aromatic N) is 2. The number of esters is 1. The standard InChI is InChI=1S/C6H8N2O2/c1-8-4-3-5(7-8)6(9)10-2/h3-4H,1-2H3/i1D3. The summed E-state index contributed by atoms with van der Waals surface area (Å²) in [5, 5.41) is 3.53. The van der Waals surface area contributed by atoms with Crippen molar-refractivity contribution in [1.29, 1.82) is 0 Å². The second kappa shape index (κ2) is 2.51. The van der Waals surface area contributed by atoms with E-state index in [0.717, 1.165) is 4.68 Å². The third-order valence-electron chi connectivity index (χ3n) is 0.984. The first-order valence-corrected chi connectivity index (χ1v) is 2.59. The minimum Gasteiger partial charge on any atom is -0.464 e. The number of ether oxygens (including phenoxy) is 1. The van der Waals surface area contributed by atoms with E-state index in [9.17, 15) is 4.79 Å². The molecule has 4 nitrogen and oxygen atoms in total. The van der Waals surface area contributed by atoms with Crippen LogP contribution in [0.25, 0.3) is 0 Å². The fourth-order valence-corrected chi connectivity index (χ4v) is 0.537. The van der Waals surface area contributed by atoms with Crippen LogP contribution in [0, 0.1) is 0 Å². The maximum Gasteiger partial charge on any atom is 0.358 e. The molecule has 1 rings (SSSR count). The van der Waals surface area contributed by atoms with E-state index in [1.54, 1.807) is 0 Å². The van der Waals surface area contributed by atoms with Gasteiger partial charge < -0.3 is 4.74 Å². The highest BCUT2D eigenvalue weighted by molar-refractivity contribution is 5.86. The number of aromatic nitrogens is 2. The van der Waals surface area contributed by atoms with Crippen molar-refractivity contribution in [3.8, 4) is 0 Å². The van der Waals surface area contributed by atoms with Gasteiger partial charge in [0.05, 0.1) is 7.11 Å². The van der Waals surface area contributed by atoms with Crippen molar-refractivity contribution in [1.82, 2.24) is 9.78 Å². The molecule has 0 aliphatic heterocycles. The third-order valence-corrected chi connectivity index (χ3v) is 0.984. The van der Waals surface area contributed by atoms with Gasteiger partial charge in [-0.1, -0.05) is 0 Å². The second-order valence-electron chi connectivity index (χ2n) is 1.64. The van der Waals surface area contributed by atoms with Crippen LogP contribution in [0.1, 0.15) is 14.6 Å². The van der Waals surface area contributed by atoms with Crippen LogP contribution in [0.15, 0.2) is 12.3 Å². The summed E-state index contributed by atoms with van der Waals surface area (Å²) >= 11 is 0. The van der Waals surface area contributed by atoms with Crippen molar-refractivity contribution in [3.05, 3.63) is 18.0 Å². The molecule has 0 amide bonds. The van der Waals surface area contributed by atoms with Crippen LogP contribution in [-0.4, -0.2) is 22.9 Å². The van der Waals surface area contributed by atoms with Gasteiger partial charge in [-0.3, -0.25) is 4.68 Å². The van der Waals surface area contributed by atoms with Gasteiger partial charge in [0, 0.05) is 17.3 Å². The molecule has 0 bridgehead atoms. The van der Waals surface area contributed by atoms with Crippen LogP contribution in [0.4, 0.5) is 0 Å². The lowest BCUT2D eigenvalue weighted by molar-refractivity contribution is 0.0593. The molecular formula is C6H8N2O2. The highest BCUT2D eigenvalue weighted by atomic mass is 16.5. The average molecular weight is 143 g/mol. The minimum atomic E-state index is -2.35. The van der Waals surface area contributed by atoms with E-state index >= 15 is 0 Å². The zero-order valence-electron chi connectivity index (χ0n) is 8.37. The van der Waals surface area contributed by atoms with Crippen molar-refractivity contribution in [2.45, 2.75) is 0 Å². The first-order chi connectivity index (χ1) is 5.95. The predicted molar refractivity (Wildman–Crippen MR) is 34.5 cm³/mol. The van der Waals surface area contributed by atoms with Crippen LogP contribution in [0.5, 0.6) is 0 Å². The molecule has 1 aromatic rings. The van der Waals surface area contributed by atoms with Gasteiger partial charge >= 0.3 is 5.97 Å². The van der Waals surface area contributed by atoms with E-state index in [0.29, 0.717) is 0 Å². The number of rotatable bonds is 1. The van der Waals surface area contributed by atoms with Crippen molar-refractivity contribution in [2.75, 3.05) is 7.11 Å². The molecule has 0 unspecified atom stereocenters. The van der Waals surface area contributed by atoms with Gasteiger partial charge in [0.15, 0.2) is 5.69 Å². The molecule has 0 spiro atoms. The van der Waals surface area contributed by atoms with Crippen molar-refractivity contribution >= 4 is 5.97 Å². The second-order valence-corrected chi connectivity index (χ2v) is 1.64. The quantitative estimate of drug-likeness (QED) is 0.528. The smallest absolute Gasteiger partial charge is 0.358 e. The van der Waals surface area contributed by atoms with Crippen LogP contribution in [0.2, 0.25) is 0 Å². The highest BCUT2D eigenvalue weighted by Crippen LogP contribution is 1.94. The topological polar surface area (TPSA) is 44.1 Å². The Labute approximate surface area is 62.6 Å². The molecular weight excluding hydrogens is 132 g/mol. The molecule has 0 radical (unpaired) electrons. The van der Waals surface area contributed by atoms with Gasteiger partial charge in [0.1, 0.15) is 0 Å². The van der Waals surface area contributed by atoms with Crippen molar-refractivity contribution in [3.63, 3.8) is 0 Å². The number of aryl methyl sites for hydroxylation is 1. The van der Waals surface area contributed by atoms with E-state index in [2.05, 4.69) is 9.84 Å². The predicted octanol–water partition coefficient (Wildman–Crippen LogP) is 0.207. The molecule has 0 aliphatic carbocycles. The van der Waals surface area contributed by atoms with Gasteiger partial charge in [0.25, 0.3) is 0 Å². The SMILES string of the molecule is [2H]C([2H])([2H])n1ccc(C(=O)OC)n1. The molecule has 10 heavy (non-hydrogen) atoms. The van der Waals surface area contributed by atoms with E-state index in [-0.39, 0.29) is 5.69 Å². The molecule has 0 saturated carbocycles. The van der Waals surface area contributed by atoms with Crippen molar-refractivity contribution in [2.24, 2.45) is 6.98 Å². The van der Waals surface area contributed by atoms with Crippen LogP contribution < -0.4 is 0 Å². The van der Waals surface area contributed by atoms with E-state index in [1.807, 2.05) is 0 Å². The number of carbonyl (C=O) groups is 1. The molecule has 0 fully saturated rings. The Kier molecular flexibility index (Phi) is 0.943. The molecule has 1 aromatic heterocycles. The molecule has 0 aromatic carbocycles. The van der Waals surface area contributed by atoms with E-state index < -0.39 is 12.9 Å². The fourth-order valence-electron chi connectivity index (χ4n) is 0.537. The highest BCUT2D eigenvalue weighted by Gasteiger charge is 2.06. The van der Waals surface area contributed by atoms with Gasteiger partial charge in [-0.2, -0.15) is 5.10 Å². The zero-order chi connectivity index (χ0) is 10.1. The maximum atomic E-state index is 10.9.